The van der Waals surface area contributed by atoms with E-state index in [1.807, 2.05) is 6.07 Å². The van der Waals surface area contributed by atoms with Gasteiger partial charge in [0.25, 0.3) is 5.91 Å². The summed E-state index contributed by atoms with van der Waals surface area (Å²) in [6.45, 7) is 0.402. The van der Waals surface area contributed by atoms with Crippen LogP contribution in [0.1, 0.15) is 15.9 Å². The number of aromatic nitrogens is 1. The van der Waals surface area contributed by atoms with Crippen molar-refractivity contribution in [2.24, 2.45) is 0 Å². The van der Waals surface area contributed by atoms with Gasteiger partial charge >= 0.3 is 0 Å². The van der Waals surface area contributed by atoms with Crippen molar-refractivity contribution in [3.05, 3.63) is 52.1 Å². The van der Waals surface area contributed by atoms with Crippen molar-refractivity contribution in [1.82, 2.24) is 10.3 Å². The van der Waals surface area contributed by atoms with E-state index in [1.165, 1.54) is 0 Å². The van der Waals surface area contributed by atoms with Crippen LogP contribution in [-0.4, -0.2) is 25.1 Å². The van der Waals surface area contributed by atoms with Crippen LogP contribution in [0.15, 0.2) is 41.0 Å². The van der Waals surface area contributed by atoms with E-state index < -0.39 is 0 Å². The van der Waals surface area contributed by atoms with Crippen LogP contribution in [0.4, 0.5) is 0 Å². The number of carbonyl (C=O) groups is 1. The summed E-state index contributed by atoms with van der Waals surface area (Å²) in [6.07, 6.45) is 1.67. The molecule has 0 fully saturated rings. The lowest BCUT2D eigenvalue weighted by molar-refractivity contribution is 0.0951. The lowest BCUT2D eigenvalue weighted by Crippen LogP contribution is -2.22. The zero-order chi connectivity index (χ0) is 15.2. The van der Waals surface area contributed by atoms with Crippen LogP contribution in [0.5, 0.6) is 11.6 Å². The molecule has 0 atom stereocenters. The summed E-state index contributed by atoms with van der Waals surface area (Å²) in [5.74, 6) is 1.07. The van der Waals surface area contributed by atoms with Gasteiger partial charge in [0.2, 0.25) is 5.88 Å². The number of ether oxygens (including phenoxy) is 2. The highest BCUT2D eigenvalue weighted by molar-refractivity contribution is 9.10. The smallest absolute Gasteiger partial charge is 0.251 e. The minimum atomic E-state index is -0.158. The maximum atomic E-state index is 12.1. The summed E-state index contributed by atoms with van der Waals surface area (Å²) in [4.78, 5) is 16.2. The molecule has 0 saturated carbocycles. The third kappa shape index (κ3) is 3.95. The summed E-state index contributed by atoms with van der Waals surface area (Å²) in [5, 5.41) is 2.84. The third-order valence-corrected chi connectivity index (χ3v) is 3.49. The van der Waals surface area contributed by atoms with Crippen molar-refractivity contribution in [3.63, 3.8) is 0 Å². The van der Waals surface area contributed by atoms with Crippen molar-refractivity contribution in [1.29, 1.82) is 0 Å². The molecule has 1 N–H and O–H groups in total. The molecule has 2 rings (SSSR count). The van der Waals surface area contributed by atoms with E-state index in [-0.39, 0.29) is 5.91 Å². The Kier molecular flexibility index (Phi) is 5.16. The summed E-state index contributed by atoms with van der Waals surface area (Å²) in [5.41, 5.74) is 1.46. The van der Waals surface area contributed by atoms with Gasteiger partial charge in [0.1, 0.15) is 5.75 Å². The fourth-order valence-electron chi connectivity index (χ4n) is 1.73. The highest BCUT2D eigenvalue weighted by Crippen LogP contribution is 2.25. The van der Waals surface area contributed by atoms with Crippen LogP contribution in [0.3, 0.4) is 0 Å². The molecule has 1 aromatic heterocycles. The Balaban J connectivity index is 1.99. The molecule has 1 aromatic carbocycles. The molecule has 0 spiro atoms. The van der Waals surface area contributed by atoms with Gasteiger partial charge in [0.15, 0.2) is 0 Å². The van der Waals surface area contributed by atoms with Crippen LogP contribution in [-0.2, 0) is 6.54 Å². The minimum Gasteiger partial charge on any atom is -0.496 e. The second-order valence-electron chi connectivity index (χ2n) is 4.24. The van der Waals surface area contributed by atoms with Gasteiger partial charge in [-0.3, -0.25) is 4.79 Å². The van der Waals surface area contributed by atoms with Gasteiger partial charge in [-0.15, -0.1) is 0 Å². The fraction of sp³-hybridized carbons (Fsp3) is 0.200. The summed E-state index contributed by atoms with van der Waals surface area (Å²) >= 11 is 3.36. The average Bonchev–Trinajstić information content (AvgIpc) is 2.53. The van der Waals surface area contributed by atoms with Gasteiger partial charge in [0.05, 0.1) is 18.7 Å². The van der Waals surface area contributed by atoms with Crippen molar-refractivity contribution >= 4 is 21.8 Å². The zero-order valence-electron chi connectivity index (χ0n) is 11.7. The lowest BCUT2D eigenvalue weighted by atomic mass is 10.2. The molecular weight excluding hydrogens is 336 g/mol. The van der Waals surface area contributed by atoms with Crippen molar-refractivity contribution in [2.45, 2.75) is 6.54 Å². The molecule has 2 aromatic rings. The number of amides is 1. The average molecular weight is 351 g/mol. The van der Waals surface area contributed by atoms with Crippen molar-refractivity contribution < 1.29 is 14.3 Å². The Morgan fingerprint density at radius 3 is 2.62 bits per heavy atom. The highest BCUT2D eigenvalue weighted by Gasteiger charge is 2.08. The second-order valence-corrected chi connectivity index (χ2v) is 5.10. The SMILES string of the molecule is COc1ccc(CNC(=O)c2ccc(OC)c(Br)c2)cn1. The molecule has 110 valence electrons. The second kappa shape index (κ2) is 7.08. The predicted molar refractivity (Wildman–Crippen MR) is 82.7 cm³/mol. The number of methoxy groups -OCH3 is 2. The normalized spacial score (nSPS) is 10.0. The molecule has 1 amide bonds. The maximum Gasteiger partial charge on any atom is 0.251 e. The molecule has 0 saturated heterocycles. The largest absolute Gasteiger partial charge is 0.496 e. The number of nitrogens with one attached hydrogen (secondary N) is 1. The zero-order valence-corrected chi connectivity index (χ0v) is 13.3. The van der Waals surface area contributed by atoms with E-state index >= 15 is 0 Å². The first-order valence-electron chi connectivity index (χ1n) is 6.24. The van der Waals surface area contributed by atoms with E-state index in [4.69, 9.17) is 9.47 Å². The molecular formula is C15H15BrN2O3. The van der Waals surface area contributed by atoms with Crippen LogP contribution in [0.2, 0.25) is 0 Å². The molecule has 0 unspecified atom stereocenters. The highest BCUT2D eigenvalue weighted by atomic mass is 79.9. The van der Waals surface area contributed by atoms with Gasteiger partial charge in [-0.25, -0.2) is 4.98 Å². The molecule has 1 heterocycles. The first kappa shape index (κ1) is 15.3. The topological polar surface area (TPSA) is 60.5 Å². The van der Waals surface area contributed by atoms with Crippen LogP contribution in [0, 0.1) is 0 Å². The predicted octanol–water partition coefficient (Wildman–Crippen LogP) is 2.79. The third-order valence-electron chi connectivity index (χ3n) is 2.87. The maximum absolute atomic E-state index is 12.1. The van der Waals surface area contributed by atoms with E-state index in [0.29, 0.717) is 23.7 Å². The van der Waals surface area contributed by atoms with Gasteiger partial charge < -0.3 is 14.8 Å². The number of carbonyl (C=O) groups excluding carboxylic acids is 1. The molecule has 0 aliphatic rings. The van der Waals surface area contributed by atoms with Crippen molar-refractivity contribution in [3.8, 4) is 11.6 Å². The number of rotatable bonds is 5. The van der Waals surface area contributed by atoms with Gasteiger partial charge in [-0.1, -0.05) is 6.07 Å². The Hall–Kier alpha value is -2.08. The first-order valence-corrected chi connectivity index (χ1v) is 7.04. The van der Waals surface area contributed by atoms with Crippen molar-refractivity contribution in [2.75, 3.05) is 14.2 Å². The van der Waals surface area contributed by atoms with Gasteiger partial charge in [-0.2, -0.15) is 0 Å². The lowest BCUT2D eigenvalue weighted by Gasteiger charge is -2.08. The minimum absolute atomic E-state index is 0.158. The summed E-state index contributed by atoms with van der Waals surface area (Å²) in [7, 11) is 3.14. The molecule has 0 radical (unpaired) electrons. The van der Waals surface area contributed by atoms with Gasteiger partial charge in [0, 0.05) is 24.4 Å². The first-order chi connectivity index (χ1) is 10.1. The number of pyridine rings is 1. The van der Waals surface area contributed by atoms with E-state index in [1.54, 1.807) is 44.7 Å². The van der Waals surface area contributed by atoms with Gasteiger partial charge in [-0.05, 0) is 39.7 Å². The van der Waals surface area contributed by atoms with E-state index in [0.717, 1.165) is 10.0 Å². The molecule has 6 heteroatoms. The Labute approximate surface area is 131 Å². The Bertz CT molecular complexity index is 629. The number of nitrogens with zero attached hydrogens (tertiary/aromatic N) is 1. The van der Waals surface area contributed by atoms with Crippen LogP contribution >= 0.6 is 15.9 Å². The molecule has 0 aliphatic carbocycles. The summed E-state index contributed by atoms with van der Waals surface area (Å²) in [6, 6.07) is 8.79. The Morgan fingerprint density at radius 2 is 2.05 bits per heavy atom. The number of benzene rings is 1. The van der Waals surface area contributed by atoms with Crippen LogP contribution in [0.25, 0.3) is 0 Å². The number of hydrogen-bond acceptors (Lipinski definition) is 4. The number of hydrogen-bond donors (Lipinski definition) is 1. The molecule has 0 aliphatic heterocycles. The van der Waals surface area contributed by atoms with E-state index in [2.05, 4.69) is 26.2 Å². The molecule has 21 heavy (non-hydrogen) atoms. The van der Waals surface area contributed by atoms with Crippen LogP contribution < -0.4 is 14.8 Å². The number of halogens is 1. The van der Waals surface area contributed by atoms with E-state index in [9.17, 15) is 4.79 Å². The molecule has 0 bridgehead atoms. The fourth-order valence-corrected chi connectivity index (χ4v) is 2.27. The molecule has 5 nitrogen and oxygen atoms in total. The monoisotopic (exact) mass is 350 g/mol. The quantitative estimate of drug-likeness (QED) is 0.900. The standard InChI is InChI=1S/C15H15BrN2O3/c1-20-13-5-4-11(7-12(13)16)15(19)18-9-10-3-6-14(21-2)17-8-10/h3-8H,9H2,1-2H3,(H,18,19). The Morgan fingerprint density at radius 1 is 1.24 bits per heavy atom. The summed E-state index contributed by atoms with van der Waals surface area (Å²) < 4.78 is 10.9.